The Hall–Kier alpha value is -1.42. The van der Waals surface area contributed by atoms with Gasteiger partial charge in [-0.3, -0.25) is 4.98 Å². The van der Waals surface area contributed by atoms with Gasteiger partial charge in [0.15, 0.2) is 5.82 Å². The summed E-state index contributed by atoms with van der Waals surface area (Å²) < 4.78 is 0. The Kier molecular flexibility index (Phi) is 1.75. The number of H-pyrrole nitrogens is 1. The van der Waals surface area contributed by atoms with Crippen molar-refractivity contribution in [3.63, 3.8) is 0 Å². The first-order valence-corrected chi connectivity index (χ1v) is 3.72. The van der Waals surface area contributed by atoms with Gasteiger partial charge in [-0.2, -0.15) is 10.1 Å². The summed E-state index contributed by atoms with van der Waals surface area (Å²) in [5, 5.41) is 6.71. The van der Waals surface area contributed by atoms with Crippen molar-refractivity contribution in [1.29, 1.82) is 0 Å². The van der Waals surface area contributed by atoms with Gasteiger partial charge in [-0.25, -0.2) is 5.10 Å². The van der Waals surface area contributed by atoms with Gasteiger partial charge >= 0.3 is 0 Å². The first-order valence-electron chi connectivity index (χ1n) is 3.34. The second-order valence-corrected chi connectivity index (χ2v) is 2.55. The Morgan fingerprint density at radius 1 is 1.42 bits per heavy atom. The summed E-state index contributed by atoms with van der Waals surface area (Å²) in [6.07, 6.45) is 3.37. The molecule has 5 heteroatoms. The Morgan fingerprint density at radius 2 is 2.33 bits per heavy atom. The molecule has 60 valence electrons. The highest BCUT2D eigenvalue weighted by Gasteiger charge is 2.02. The fraction of sp³-hybridized carbons (Fsp3) is 0. The van der Waals surface area contributed by atoms with Gasteiger partial charge < -0.3 is 0 Å². The van der Waals surface area contributed by atoms with Crippen LogP contribution in [0.3, 0.4) is 0 Å². The van der Waals surface area contributed by atoms with Crippen molar-refractivity contribution >= 4 is 11.6 Å². The van der Waals surface area contributed by atoms with Crippen molar-refractivity contribution in [2.24, 2.45) is 0 Å². The molecule has 0 unspecified atom stereocenters. The Balaban J connectivity index is 2.45. The van der Waals surface area contributed by atoms with E-state index in [1.165, 1.54) is 0 Å². The van der Waals surface area contributed by atoms with E-state index in [2.05, 4.69) is 20.2 Å². The summed E-state index contributed by atoms with van der Waals surface area (Å²) in [5.41, 5.74) is 0.848. The smallest absolute Gasteiger partial charge is 0.218 e. The van der Waals surface area contributed by atoms with Gasteiger partial charge in [0, 0.05) is 18.0 Å². The lowest BCUT2D eigenvalue weighted by Crippen LogP contribution is -1.80. The van der Waals surface area contributed by atoms with Crippen molar-refractivity contribution in [1.82, 2.24) is 20.2 Å². The molecule has 0 bridgehead atoms. The average Bonchev–Trinajstić information content (AvgIpc) is 2.54. The van der Waals surface area contributed by atoms with Gasteiger partial charge in [0.1, 0.15) is 0 Å². The number of pyridine rings is 1. The number of nitrogens with one attached hydrogen (secondary N) is 1. The highest BCUT2D eigenvalue weighted by molar-refractivity contribution is 6.28. The van der Waals surface area contributed by atoms with Gasteiger partial charge in [0.05, 0.1) is 0 Å². The summed E-state index contributed by atoms with van der Waals surface area (Å²) in [4.78, 5) is 7.87. The summed E-state index contributed by atoms with van der Waals surface area (Å²) in [6, 6.07) is 3.69. The molecule has 0 aromatic carbocycles. The molecule has 0 aliphatic rings. The number of halogens is 1. The van der Waals surface area contributed by atoms with Crippen LogP contribution in [-0.2, 0) is 0 Å². The van der Waals surface area contributed by atoms with Crippen LogP contribution in [0, 0.1) is 0 Å². The van der Waals surface area contributed by atoms with Crippen molar-refractivity contribution in [3.05, 3.63) is 29.8 Å². The lowest BCUT2D eigenvalue weighted by atomic mass is 10.3. The third-order valence-electron chi connectivity index (χ3n) is 1.38. The first-order chi connectivity index (χ1) is 5.86. The van der Waals surface area contributed by atoms with Crippen LogP contribution in [0.4, 0.5) is 0 Å². The lowest BCUT2D eigenvalue weighted by molar-refractivity contribution is 1.09. The zero-order valence-corrected chi connectivity index (χ0v) is 6.78. The second kappa shape index (κ2) is 2.91. The molecule has 0 spiro atoms. The number of hydrogen-bond donors (Lipinski definition) is 1. The molecule has 2 heterocycles. The van der Waals surface area contributed by atoms with Crippen molar-refractivity contribution in [3.8, 4) is 11.4 Å². The lowest BCUT2D eigenvalue weighted by Gasteiger charge is -1.89. The van der Waals surface area contributed by atoms with Crippen molar-refractivity contribution in [2.75, 3.05) is 0 Å². The van der Waals surface area contributed by atoms with Crippen molar-refractivity contribution in [2.45, 2.75) is 0 Å². The molecule has 12 heavy (non-hydrogen) atoms. The molecule has 2 rings (SSSR count). The topological polar surface area (TPSA) is 54.5 Å². The maximum Gasteiger partial charge on any atom is 0.218 e. The van der Waals surface area contributed by atoms with Crippen LogP contribution in [0.5, 0.6) is 0 Å². The predicted octanol–water partition coefficient (Wildman–Crippen LogP) is 1.52. The molecular formula is C7H5ClN4. The molecule has 2 aromatic rings. The van der Waals surface area contributed by atoms with E-state index < -0.39 is 0 Å². The zero-order valence-electron chi connectivity index (χ0n) is 6.03. The molecule has 4 nitrogen and oxygen atoms in total. The van der Waals surface area contributed by atoms with E-state index in [-0.39, 0.29) is 5.28 Å². The minimum absolute atomic E-state index is 0.286. The number of aromatic nitrogens is 4. The van der Waals surface area contributed by atoms with E-state index >= 15 is 0 Å². The second-order valence-electron chi connectivity index (χ2n) is 2.19. The Labute approximate surface area is 73.6 Å². The summed E-state index contributed by atoms with van der Waals surface area (Å²) in [7, 11) is 0. The minimum atomic E-state index is 0.286. The van der Waals surface area contributed by atoms with E-state index in [1.54, 1.807) is 12.4 Å². The third kappa shape index (κ3) is 1.29. The van der Waals surface area contributed by atoms with E-state index in [9.17, 15) is 0 Å². The summed E-state index contributed by atoms with van der Waals surface area (Å²) in [6.45, 7) is 0. The number of rotatable bonds is 1. The van der Waals surface area contributed by atoms with Crippen LogP contribution in [0.15, 0.2) is 24.5 Å². The normalized spacial score (nSPS) is 10.1. The SMILES string of the molecule is Clc1nc(-c2cccnc2)n[nH]1. The zero-order chi connectivity index (χ0) is 8.39. The Bertz CT molecular complexity index is 370. The van der Waals surface area contributed by atoms with Crippen LogP contribution in [0.25, 0.3) is 11.4 Å². The maximum atomic E-state index is 5.56. The highest BCUT2D eigenvalue weighted by Crippen LogP contribution is 2.13. The highest BCUT2D eigenvalue weighted by atomic mass is 35.5. The molecule has 0 aliphatic carbocycles. The van der Waals surface area contributed by atoms with Gasteiger partial charge in [-0.05, 0) is 23.7 Å². The van der Waals surface area contributed by atoms with E-state index in [0.29, 0.717) is 5.82 Å². The van der Waals surface area contributed by atoms with Crippen LogP contribution in [0.2, 0.25) is 5.28 Å². The molecule has 0 radical (unpaired) electrons. The van der Waals surface area contributed by atoms with Gasteiger partial charge in [0.2, 0.25) is 5.28 Å². The number of hydrogen-bond acceptors (Lipinski definition) is 3. The molecule has 0 aliphatic heterocycles. The molecule has 0 saturated carbocycles. The molecule has 0 amide bonds. The average molecular weight is 181 g/mol. The van der Waals surface area contributed by atoms with Crippen LogP contribution in [0.1, 0.15) is 0 Å². The first kappa shape index (κ1) is 7.24. The Morgan fingerprint density at radius 3 is 2.92 bits per heavy atom. The fourth-order valence-corrected chi connectivity index (χ4v) is 0.988. The monoisotopic (exact) mass is 180 g/mol. The van der Waals surface area contributed by atoms with Crippen LogP contribution in [-0.4, -0.2) is 20.2 Å². The molecule has 2 aromatic heterocycles. The van der Waals surface area contributed by atoms with Crippen LogP contribution < -0.4 is 0 Å². The van der Waals surface area contributed by atoms with E-state index in [4.69, 9.17) is 11.6 Å². The van der Waals surface area contributed by atoms with Crippen molar-refractivity contribution < 1.29 is 0 Å². The molecular weight excluding hydrogens is 176 g/mol. The number of aromatic amines is 1. The fourth-order valence-electron chi connectivity index (χ4n) is 0.866. The summed E-state index contributed by atoms with van der Waals surface area (Å²) in [5.74, 6) is 0.563. The predicted molar refractivity (Wildman–Crippen MR) is 44.6 cm³/mol. The standard InChI is InChI=1S/C7H5ClN4/c8-7-10-6(11-12-7)5-2-1-3-9-4-5/h1-4H,(H,10,11,12). The molecule has 0 fully saturated rings. The van der Waals surface area contributed by atoms with E-state index in [0.717, 1.165) is 5.56 Å². The van der Waals surface area contributed by atoms with Gasteiger partial charge in [-0.15, -0.1) is 0 Å². The number of nitrogens with zero attached hydrogens (tertiary/aromatic N) is 3. The van der Waals surface area contributed by atoms with E-state index in [1.807, 2.05) is 12.1 Å². The summed E-state index contributed by atoms with van der Waals surface area (Å²) >= 11 is 5.56. The molecule has 1 N–H and O–H groups in total. The van der Waals surface area contributed by atoms with Gasteiger partial charge in [0.25, 0.3) is 0 Å². The van der Waals surface area contributed by atoms with Crippen LogP contribution >= 0.6 is 11.6 Å². The molecule has 0 atom stereocenters. The quantitative estimate of drug-likeness (QED) is 0.724. The largest absolute Gasteiger partial charge is 0.264 e. The third-order valence-corrected chi connectivity index (χ3v) is 1.55. The maximum absolute atomic E-state index is 5.56. The minimum Gasteiger partial charge on any atom is -0.264 e. The van der Waals surface area contributed by atoms with Gasteiger partial charge in [-0.1, -0.05) is 0 Å². The molecule has 0 saturated heterocycles.